The van der Waals surface area contributed by atoms with Crippen LogP contribution in [0, 0.1) is 0 Å². The average Bonchev–Trinajstić information content (AvgIpc) is 4.04. The van der Waals surface area contributed by atoms with Crippen LogP contribution in [-0.4, -0.2) is 34.1 Å². The third-order valence-electron chi connectivity index (χ3n) is 14.6. The van der Waals surface area contributed by atoms with Gasteiger partial charge in [0, 0.05) is 49.5 Å². The summed E-state index contributed by atoms with van der Waals surface area (Å²) in [5.74, 6) is 1.11. The van der Waals surface area contributed by atoms with Gasteiger partial charge in [-0.25, -0.2) is 9.98 Å². The first kappa shape index (κ1) is 45.0. The summed E-state index contributed by atoms with van der Waals surface area (Å²) in [4.78, 5) is 14.6. The van der Waals surface area contributed by atoms with Crippen molar-refractivity contribution < 1.29 is 0 Å². The normalized spacial score (nSPS) is 14.9. The lowest BCUT2D eigenvalue weighted by atomic mass is 9.82. The number of hydrogen-bond donors (Lipinski definition) is 0. The van der Waals surface area contributed by atoms with Crippen LogP contribution in [0.15, 0.2) is 263 Å². The van der Waals surface area contributed by atoms with E-state index in [1.165, 1.54) is 66.0 Å². The number of nitrogens with zero attached hydrogens (tertiary/aromatic N) is 5. The van der Waals surface area contributed by atoms with Gasteiger partial charge in [-0.05, 0) is 119 Å². The number of allylic oxidation sites excluding steroid dienone is 5. The number of para-hydroxylation sites is 3. The third-order valence-corrected chi connectivity index (χ3v) is 14.6. The van der Waals surface area contributed by atoms with E-state index in [9.17, 15) is 0 Å². The van der Waals surface area contributed by atoms with Crippen molar-refractivity contribution in [3.8, 4) is 33.6 Å². The molecule has 0 saturated heterocycles. The number of benzene rings is 9. The van der Waals surface area contributed by atoms with E-state index >= 15 is 0 Å². The minimum atomic E-state index is -0.0561. The third kappa shape index (κ3) is 8.05. The molecule has 2 aromatic heterocycles. The SMILES string of the molecule is C=NC(=NC(=NC/C=C/C=C1\C(=C/C)C(C)(C)c2ccccc21)c1cccc(-c2ccc3c4ccccc4n(-c4ccc(-c5ccc6c(c5)c5ccccc5n6-c5ccccc5)cc4)c3c2)c1)c1ccccc1. The van der Waals surface area contributed by atoms with Crippen LogP contribution in [-0.2, 0) is 5.41 Å². The minimum Gasteiger partial charge on any atom is -0.309 e. The van der Waals surface area contributed by atoms with Crippen molar-refractivity contribution in [1.82, 2.24) is 9.13 Å². The van der Waals surface area contributed by atoms with Crippen LogP contribution in [0.1, 0.15) is 43.0 Å². The summed E-state index contributed by atoms with van der Waals surface area (Å²) in [5.41, 5.74) is 18.4. The lowest BCUT2D eigenvalue weighted by molar-refractivity contribution is 0.659. The Balaban J connectivity index is 0.896. The van der Waals surface area contributed by atoms with E-state index in [1.807, 2.05) is 30.3 Å². The molecule has 5 heteroatoms. The van der Waals surface area contributed by atoms with Gasteiger partial charge < -0.3 is 9.13 Å². The summed E-state index contributed by atoms with van der Waals surface area (Å²) in [7, 11) is 0. The Kier molecular flexibility index (Phi) is 11.6. The van der Waals surface area contributed by atoms with Crippen molar-refractivity contribution >= 4 is 67.6 Å². The maximum Gasteiger partial charge on any atom is 0.161 e. The highest BCUT2D eigenvalue weighted by molar-refractivity contribution is 6.14. The molecule has 0 atom stereocenters. The van der Waals surface area contributed by atoms with Gasteiger partial charge in [-0.2, -0.15) is 0 Å². The molecule has 0 aliphatic heterocycles. The van der Waals surface area contributed by atoms with Crippen molar-refractivity contribution in [3.05, 3.63) is 271 Å². The molecule has 0 spiro atoms. The number of fused-ring (bicyclic) bond motifs is 7. The van der Waals surface area contributed by atoms with E-state index in [0.29, 0.717) is 18.2 Å². The summed E-state index contributed by atoms with van der Waals surface area (Å²) in [6, 6.07) is 77.9. The van der Waals surface area contributed by atoms with Crippen LogP contribution in [0.5, 0.6) is 0 Å². The van der Waals surface area contributed by atoms with Gasteiger partial charge >= 0.3 is 0 Å². The summed E-state index contributed by atoms with van der Waals surface area (Å²) in [6.45, 7) is 11.1. The quantitative estimate of drug-likeness (QED) is 0.102. The zero-order valence-electron chi connectivity index (χ0n) is 41.2. The highest BCUT2D eigenvalue weighted by Gasteiger charge is 2.37. The standard InChI is InChI=1S/C68H53N5/c1-5-60-54(55-27-12-15-31-61(55)68(60,2)3)28-18-19-42-70-67(71-66(69-4)47-21-8-6-9-22-47)51-24-20-23-48(43-51)50-36-40-58-56-29-13-16-32-62(56)73(65(58)45-50)53-38-34-46(35-39-53)49-37-41-64-59(44-49)57-30-14-17-33-63(57)72(64)52-25-10-7-11-26-52/h5-41,43-45H,4,42H2,1-3H3/b19-18+,54-28-,60-5+,70-67?,71-66?. The molecule has 11 aromatic rings. The van der Waals surface area contributed by atoms with Crippen molar-refractivity contribution in [3.63, 3.8) is 0 Å². The molecule has 0 amide bonds. The molecule has 9 aromatic carbocycles. The maximum atomic E-state index is 5.13. The maximum absolute atomic E-state index is 5.13. The number of rotatable bonds is 9. The zero-order valence-corrected chi connectivity index (χ0v) is 41.2. The molecule has 73 heavy (non-hydrogen) atoms. The number of amidine groups is 2. The summed E-state index contributed by atoms with van der Waals surface area (Å²) < 4.78 is 4.76. The van der Waals surface area contributed by atoms with E-state index in [2.05, 4.69) is 254 Å². The Morgan fingerprint density at radius 1 is 0.493 bits per heavy atom. The van der Waals surface area contributed by atoms with E-state index < -0.39 is 0 Å². The van der Waals surface area contributed by atoms with Gasteiger partial charge in [-0.3, -0.25) is 4.99 Å². The second-order valence-electron chi connectivity index (χ2n) is 19.1. The Hall–Kier alpha value is -9.19. The Morgan fingerprint density at radius 2 is 1.07 bits per heavy atom. The van der Waals surface area contributed by atoms with Crippen molar-refractivity contribution in [2.75, 3.05) is 6.54 Å². The Bertz CT molecular complexity index is 4080. The predicted molar refractivity (Wildman–Crippen MR) is 310 cm³/mol. The summed E-state index contributed by atoms with van der Waals surface area (Å²) >= 11 is 0. The van der Waals surface area contributed by atoms with E-state index in [4.69, 9.17) is 9.98 Å². The molecule has 1 aliphatic carbocycles. The molecule has 0 fully saturated rings. The van der Waals surface area contributed by atoms with Gasteiger partial charge in [0.1, 0.15) is 0 Å². The van der Waals surface area contributed by atoms with Crippen LogP contribution >= 0.6 is 0 Å². The van der Waals surface area contributed by atoms with Gasteiger partial charge in [0.15, 0.2) is 11.7 Å². The molecule has 0 saturated carbocycles. The first-order valence-electron chi connectivity index (χ1n) is 25.0. The van der Waals surface area contributed by atoms with Crippen molar-refractivity contribution in [2.24, 2.45) is 15.0 Å². The van der Waals surface area contributed by atoms with E-state index in [0.717, 1.165) is 44.7 Å². The average molecular weight is 940 g/mol. The Morgan fingerprint density at radius 3 is 1.82 bits per heavy atom. The second-order valence-corrected chi connectivity index (χ2v) is 19.1. The fourth-order valence-corrected chi connectivity index (χ4v) is 11.1. The van der Waals surface area contributed by atoms with Crippen LogP contribution < -0.4 is 0 Å². The second kappa shape index (κ2) is 18.9. The predicted octanol–water partition coefficient (Wildman–Crippen LogP) is 17.0. The van der Waals surface area contributed by atoms with Gasteiger partial charge in [0.25, 0.3) is 0 Å². The molecule has 0 N–H and O–H groups in total. The molecule has 0 bridgehead atoms. The van der Waals surface area contributed by atoms with Crippen LogP contribution in [0.25, 0.3) is 82.8 Å². The van der Waals surface area contributed by atoms with Crippen molar-refractivity contribution in [1.29, 1.82) is 0 Å². The molecular formula is C68H53N5. The van der Waals surface area contributed by atoms with Gasteiger partial charge in [0.2, 0.25) is 0 Å². The van der Waals surface area contributed by atoms with E-state index in [1.54, 1.807) is 0 Å². The van der Waals surface area contributed by atoms with Crippen LogP contribution in [0.2, 0.25) is 0 Å². The number of aliphatic imine (C=N–C) groups is 3. The first-order chi connectivity index (χ1) is 35.9. The summed E-state index contributed by atoms with van der Waals surface area (Å²) in [5, 5.41) is 4.89. The minimum absolute atomic E-state index is 0.0561. The fraction of sp³-hybridized carbons (Fsp3) is 0.0735. The van der Waals surface area contributed by atoms with Crippen molar-refractivity contribution in [2.45, 2.75) is 26.2 Å². The highest BCUT2D eigenvalue weighted by atomic mass is 15.0. The number of aromatic nitrogens is 2. The van der Waals surface area contributed by atoms with E-state index in [-0.39, 0.29) is 5.41 Å². The smallest absolute Gasteiger partial charge is 0.161 e. The lowest BCUT2D eigenvalue weighted by Gasteiger charge is -2.21. The van der Waals surface area contributed by atoms with Gasteiger partial charge in [-0.15, -0.1) is 0 Å². The number of hydrogen-bond acceptors (Lipinski definition) is 1. The molecule has 5 nitrogen and oxygen atoms in total. The zero-order chi connectivity index (χ0) is 49.5. The molecule has 1 aliphatic rings. The Labute approximate surface area is 426 Å². The monoisotopic (exact) mass is 939 g/mol. The summed E-state index contributed by atoms with van der Waals surface area (Å²) in [6.07, 6.45) is 8.68. The molecule has 0 unspecified atom stereocenters. The van der Waals surface area contributed by atoms with Gasteiger partial charge in [0.05, 0.1) is 28.6 Å². The fourth-order valence-electron chi connectivity index (χ4n) is 11.1. The largest absolute Gasteiger partial charge is 0.309 e. The first-order valence-corrected chi connectivity index (χ1v) is 25.0. The molecule has 350 valence electrons. The lowest BCUT2D eigenvalue weighted by Crippen LogP contribution is -2.14. The molecule has 0 radical (unpaired) electrons. The van der Waals surface area contributed by atoms with Gasteiger partial charge in [-0.1, -0.05) is 196 Å². The molecular weight excluding hydrogens is 887 g/mol. The van der Waals surface area contributed by atoms with Crippen LogP contribution in [0.4, 0.5) is 0 Å². The van der Waals surface area contributed by atoms with Crippen LogP contribution in [0.3, 0.4) is 0 Å². The topological polar surface area (TPSA) is 46.9 Å². The highest BCUT2D eigenvalue weighted by Crippen LogP contribution is 2.49. The molecule has 2 heterocycles. The molecule has 12 rings (SSSR count).